The molecule has 1 aromatic rings. The van der Waals surface area contributed by atoms with Crippen LogP contribution in [0.25, 0.3) is 0 Å². The molecule has 2 aliphatic rings. The van der Waals surface area contributed by atoms with Crippen LogP contribution in [-0.4, -0.2) is 77.7 Å². The molecule has 2 fully saturated rings. The molecular formula is C22H30F3N3O3. The number of halogens is 3. The van der Waals surface area contributed by atoms with Crippen molar-refractivity contribution in [1.82, 2.24) is 14.7 Å². The number of benzene rings is 1. The van der Waals surface area contributed by atoms with Gasteiger partial charge in [0.2, 0.25) is 5.91 Å². The smallest absolute Gasteiger partial charge is 0.406 e. The van der Waals surface area contributed by atoms with Crippen molar-refractivity contribution >= 4 is 11.8 Å². The zero-order valence-electron chi connectivity index (χ0n) is 18.2. The molecule has 0 bridgehead atoms. The number of hydrogen-bond acceptors (Lipinski definition) is 4. The highest BCUT2D eigenvalue weighted by Gasteiger charge is 2.44. The van der Waals surface area contributed by atoms with Gasteiger partial charge >= 0.3 is 6.36 Å². The molecule has 2 heterocycles. The van der Waals surface area contributed by atoms with Gasteiger partial charge in [0.25, 0.3) is 5.91 Å². The van der Waals surface area contributed by atoms with Crippen LogP contribution in [0.4, 0.5) is 13.2 Å². The summed E-state index contributed by atoms with van der Waals surface area (Å²) in [6.07, 6.45) is -2.97. The molecule has 0 N–H and O–H groups in total. The number of nitrogens with zero attached hydrogens (tertiary/aromatic N) is 3. The summed E-state index contributed by atoms with van der Waals surface area (Å²) in [4.78, 5) is 31.2. The molecule has 0 aliphatic carbocycles. The molecule has 2 saturated heterocycles. The first-order valence-corrected chi connectivity index (χ1v) is 10.7. The van der Waals surface area contributed by atoms with E-state index in [1.165, 1.54) is 18.2 Å². The standard InChI is InChI=1S/C22H30F3N3O3/c1-4-21(8-9-27(15-21)19(29)16(2)3)28-12-10-26(11-13-28)20(30)17-6-5-7-18(14-17)31-22(23,24)25/h5-7,14,16H,4,8-13,15H2,1-3H3. The van der Waals surface area contributed by atoms with Gasteiger partial charge in [-0.2, -0.15) is 0 Å². The first-order valence-electron chi connectivity index (χ1n) is 10.7. The monoisotopic (exact) mass is 441 g/mol. The summed E-state index contributed by atoms with van der Waals surface area (Å²) in [5.74, 6) is -0.562. The van der Waals surface area contributed by atoms with Gasteiger partial charge in [-0.25, -0.2) is 0 Å². The molecule has 0 saturated carbocycles. The average Bonchev–Trinajstić information content (AvgIpc) is 3.17. The molecular weight excluding hydrogens is 411 g/mol. The van der Waals surface area contributed by atoms with E-state index in [1.807, 2.05) is 18.7 Å². The Morgan fingerprint density at radius 2 is 1.77 bits per heavy atom. The zero-order valence-corrected chi connectivity index (χ0v) is 18.2. The van der Waals surface area contributed by atoms with Gasteiger partial charge in [-0.3, -0.25) is 14.5 Å². The van der Waals surface area contributed by atoms with E-state index < -0.39 is 12.1 Å². The van der Waals surface area contributed by atoms with Gasteiger partial charge in [0.1, 0.15) is 5.75 Å². The van der Waals surface area contributed by atoms with Crippen LogP contribution < -0.4 is 4.74 Å². The Morgan fingerprint density at radius 1 is 1.10 bits per heavy atom. The second-order valence-electron chi connectivity index (χ2n) is 8.60. The number of ether oxygens (including phenoxy) is 1. The van der Waals surface area contributed by atoms with Crippen LogP contribution in [0.5, 0.6) is 5.75 Å². The number of alkyl halides is 3. The number of likely N-dealkylation sites (tertiary alicyclic amines) is 1. The lowest BCUT2D eigenvalue weighted by atomic mass is 9.91. The molecule has 1 aromatic carbocycles. The summed E-state index contributed by atoms with van der Waals surface area (Å²) in [6, 6.07) is 5.19. The number of rotatable bonds is 5. The SMILES string of the molecule is CCC1(N2CCN(C(=O)c3cccc(OC(F)(F)F)c3)CC2)CCN(C(=O)C(C)C)C1. The fraction of sp³-hybridized carbons (Fsp3) is 0.636. The molecule has 2 amide bonds. The van der Waals surface area contributed by atoms with E-state index in [-0.39, 0.29) is 28.8 Å². The fourth-order valence-electron chi connectivity index (χ4n) is 4.57. The molecule has 0 aromatic heterocycles. The van der Waals surface area contributed by atoms with Gasteiger partial charge in [0.15, 0.2) is 0 Å². The molecule has 9 heteroatoms. The second-order valence-corrected chi connectivity index (χ2v) is 8.60. The van der Waals surface area contributed by atoms with Crippen LogP contribution in [0.15, 0.2) is 24.3 Å². The van der Waals surface area contributed by atoms with Crippen LogP contribution in [0.3, 0.4) is 0 Å². The van der Waals surface area contributed by atoms with E-state index in [4.69, 9.17) is 0 Å². The molecule has 1 atom stereocenters. The van der Waals surface area contributed by atoms with Crippen molar-refractivity contribution in [1.29, 1.82) is 0 Å². The molecule has 1 unspecified atom stereocenters. The third kappa shape index (κ3) is 5.31. The number of carbonyl (C=O) groups is 2. The molecule has 172 valence electrons. The Hall–Kier alpha value is -2.29. The quantitative estimate of drug-likeness (QED) is 0.703. The lowest BCUT2D eigenvalue weighted by Gasteiger charge is -2.45. The summed E-state index contributed by atoms with van der Waals surface area (Å²) in [7, 11) is 0. The molecule has 31 heavy (non-hydrogen) atoms. The molecule has 2 aliphatic heterocycles. The molecule has 3 rings (SSSR count). The normalized spacial score (nSPS) is 22.8. The van der Waals surface area contributed by atoms with E-state index in [0.29, 0.717) is 32.7 Å². The topological polar surface area (TPSA) is 53.1 Å². The third-order valence-electron chi connectivity index (χ3n) is 6.35. The van der Waals surface area contributed by atoms with Gasteiger partial charge in [-0.05, 0) is 31.0 Å². The third-order valence-corrected chi connectivity index (χ3v) is 6.35. The van der Waals surface area contributed by atoms with Crippen molar-refractivity contribution in [3.63, 3.8) is 0 Å². The maximum absolute atomic E-state index is 12.8. The zero-order chi connectivity index (χ0) is 22.8. The van der Waals surface area contributed by atoms with Crippen LogP contribution in [0, 0.1) is 5.92 Å². The van der Waals surface area contributed by atoms with Crippen molar-refractivity contribution < 1.29 is 27.5 Å². The Labute approximate surface area is 180 Å². The minimum absolute atomic E-state index is 0.0285. The Bertz CT molecular complexity index is 807. The van der Waals surface area contributed by atoms with Crippen LogP contribution >= 0.6 is 0 Å². The van der Waals surface area contributed by atoms with Gasteiger partial charge in [-0.1, -0.05) is 26.8 Å². The number of hydrogen-bond donors (Lipinski definition) is 0. The average molecular weight is 441 g/mol. The predicted molar refractivity (Wildman–Crippen MR) is 110 cm³/mol. The molecule has 0 radical (unpaired) electrons. The minimum atomic E-state index is -4.80. The van der Waals surface area contributed by atoms with E-state index in [1.54, 1.807) is 4.90 Å². The van der Waals surface area contributed by atoms with Crippen LogP contribution in [-0.2, 0) is 4.79 Å². The highest BCUT2D eigenvalue weighted by molar-refractivity contribution is 5.94. The number of amides is 2. The fourth-order valence-corrected chi connectivity index (χ4v) is 4.57. The lowest BCUT2D eigenvalue weighted by Crippen LogP contribution is -2.59. The summed E-state index contributed by atoms with van der Waals surface area (Å²) in [6.45, 7) is 9.71. The van der Waals surface area contributed by atoms with Gasteiger partial charge in [-0.15, -0.1) is 13.2 Å². The first kappa shape index (κ1) is 23.4. The summed E-state index contributed by atoms with van der Waals surface area (Å²) >= 11 is 0. The summed E-state index contributed by atoms with van der Waals surface area (Å²) in [5, 5.41) is 0. The van der Waals surface area contributed by atoms with Crippen molar-refractivity contribution in [2.75, 3.05) is 39.3 Å². The van der Waals surface area contributed by atoms with Crippen molar-refractivity contribution in [3.8, 4) is 5.75 Å². The van der Waals surface area contributed by atoms with Crippen molar-refractivity contribution in [2.45, 2.75) is 45.5 Å². The van der Waals surface area contributed by atoms with Gasteiger partial charge in [0.05, 0.1) is 0 Å². The van der Waals surface area contributed by atoms with Gasteiger partial charge < -0.3 is 14.5 Å². The van der Waals surface area contributed by atoms with E-state index in [9.17, 15) is 22.8 Å². The Morgan fingerprint density at radius 3 is 2.35 bits per heavy atom. The highest BCUT2D eigenvalue weighted by atomic mass is 19.4. The minimum Gasteiger partial charge on any atom is -0.406 e. The largest absolute Gasteiger partial charge is 0.573 e. The summed E-state index contributed by atoms with van der Waals surface area (Å²) in [5.41, 5.74) is 0.0927. The lowest BCUT2D eigenvalue weighted by molar-refractivity contribution is -0.274. The number of piperazine rings is 1. The summed E-state index contributed by atoms with van der Waals surface area (Å²) < 4.78 is 41.3. The highest BCUT2D eigenvalue weighted by Crippen LogP contribution is 2.33. The van der Waals surface area contributed by atoms with Crippen LogP contribution in [0.1, 0.15) is 44.0 Å². The maximum Gasteiger partial charge on any atom is 0.573 e. The van der Waals surface area contributed by atoms with Crippen molar-refractivity contribution in [2.24, 2.45) is 5.92 Å². The van der Waals surface area contributed by atoms with E-state index >= 15 is 0 Å². The molecule has 0 spiro atoms. The van der Waals surface area contributed by atoms with E-state index in [0.717, 1.165) is 25.5 Å². The van der Waals surface area contributed by atoms with Crippen molar-refractivity contribution in [3.05, 3.63) is 29.8 Å². The van der Waals surface area contributed by atoms with Gasteiger partial charge in [0, 0.05) is 56.3 Å². The predicted octanol–water partition coefficient (Wildman–Crippen LogP) is 3.38. The Kier molecular flexibility index (Phi) is 6.83. The van der Waals surface area contributed by atoms with Crippen LogP contribution in [0.2, 0.25) is 0 Å². The number of carbonyl (C=O) groups excluding carboxylic acids is 2. The maximum atomic E-state index is 12.8. The second kappa shape index (κ2) is 9.06. The first-order chi connectivity index (χ1) is 14.5. The Balaban J connectivity index is 1.62. The van der Waals surface area contributed by atoms with E-state index in [2.05, 4.69) is 16.6 Å². The molecule has 6 nitrogen and oxygen atoms in total.